The van der Waals surface area contributed by atoms with Gasteiger partial charge in [0.25, 0.3) is 0 Å². The lowest BCUT2D eigenvalue weighted by Gasteiger charge is -2.17. The monoisotopic (exact) mass is 404 g/mol. The average molecular weight is 405 g/mol. The van der Waals surface area contributed by atoms with E-state index in [1.54, 1.807) is 21.3 Å². The molecule has 0 radical (unpaired) electrons. The third kappa shape index (κ3) is 4.36. The molecule has 0 atom stereocenters. The lowest BCUT2D eigenvalue weighted by Crippen LogP contribution is -2.25. The van der Waals surface area contributed by atoms with Gasteiger partial charge >= 0.3 is 0 Å². The number of nitrogens with zero attached hydrogens (tertiary/aromatic N) is 1. The Kier molecular flexibility index (Phi) is 6.68. The van der Waals surface area contributed by atoms with Crippen LogP contribution in [0, 0.1) is 0 Å². The van der Waals surface area contributed by atoms with E-state index in [4.69, 9.17) is 30.5 Å². The quantitative estimate of drug-likeness (QED) is 0.623. The number of fused-ring (bicyclic) bond motifs is 1. The highest BCUT2D eigenvalue weighted by Gasteiger charge is 2.20. The number of halogens is 1. The maximum Gasteiger partial charge on any atom is 0.171 e. The molecule has 1 heterocycles. The van der Waals surface area contributed by atoms with Gasteiger partial charge in [-0.1, -0.05) is 11.6 Å². The second kappa shape index (κ2) is 9.20. The molecule has 0 amide bonds. The van der Waals surface area contributed by atoms with Gasteiger partial charge in [-0.25, -0.2) is 4.58 Å². The Labute approximate surface area is 171 Å². The van der Waals surface area contributed by atoms with E-state index in [9.17, 15) is 0 Å². The molecular weight excluding hydrogens is 378 g/mol. The zero-order valence-corrected chi connectivity index (χ0v) is 17.6. The first-order valence-corrected chi connectivity index (χ1v) is 9.80. The van der Waals surface area contributed by atoms with E-state index in [1.165, 1.54) is 11.1 Å². The van der Waals surface area contributed by atoms with Crippen LogP contribution in [0.3, 0.4) is 0 Å². The smallest absolute Gasteiger partial charge is 0.171 e. The molecule has 1 aliphatic rings. The maximum absolute atomic E-state index is 6.43. The lowest BCUT2D eigenvalue weighted by molar-refractivity contribution is -0.523. The fourth-order valence-corrected chi connectivity index (χ4v) is 3.68. The highest BCUT2D eigenvalue weighted by molar-refractivity contribution is 6.31. The Balaban J connectivity index is 1.79. The minimum Gasteiger partial charge on any atom is -0.493 e. The minimum atomic E-state index is 0.608. The van der Waals surface area contributed by atoms with Crippen molar-refractivity contribution in [3.63, 3.8) is 0 Å². The molecule has 0 aliphatic carbocycles. The molecule has 0 N–H and O–H groups in total. The molecule has 6 heteroatoms. The van der Waals surface area contributed by atoms with Gasteiger partial charge in [-0.3, -0.25) is 0 Å². The average Bonchev–Trinajstić information content (AvgIpc) is 2.72. The van der Waals surface area contributed by atoms with Gasteiger partial charge in [0.1, 0.15) is 13.1 Å². The van der Waals surface area contributed by atoms with Crippen LogP contribution in [0.2, 0.25) is 5.02 Å². The molecule has 0 aromatic heterocycles. The second-order valence-electron chi connectivity index (χ2n) is 6.60. The van der Waals surface area contributed by atoms with Crippen LogP contribution < -0.4 is 18.9 Å². The molecule has 150 valence electrons. The van der Waals surface area contributed by atoms with Crippen molar-refractivity contribution in [1.29, 1.82) is 0 Å². The van der Waals surface area contributed by atoms with Crippen molar-refractivity contribution in [3.05, 3.63) is 46.0 Å². The molecule has 5 nitrogen and oxygen atoms in total. The van der Waals surface area contributed by atoms with Crippen LogP contribution in [0.15, 0.2) is 24.3 Å². The third-order valence-corrected chi connectivity index (χ3v) is 5.29. The Hall–Kier alpha value is -2.40. The number of methoxy groups -OCH3 is 3. The summed E-state index contributed by atoms with van der Waals surface area (Å²) in [6.07, 6.45) is 3.98. The molecule has 28 heavy (non-hydrogen) atoms. The van der Waals surface area contributed by atoms with Gasteiger partial charge in [0, 0.05) is 29.5 Å². The zero-order chi connectivity index (χ0) is 20.1. The topological polar surface area (TPSA) is 39.9 Å². The predicted molar refractivity (Wildman–Crippen MR) is 111 cm³/mol. The largest absolute Gasteiger partial charge is 0.493 e. The molecule has 0 unspecified atom stereocenters. The molecule has 0 saturated carbocycles. The predicted octanol–water partition coefficient (Wildman–Crippen LogP) is 3.99. The summed E-state index contributed by atoms with van der Waals surface area (Å²) >= 11 is 6.43. The zero-order valence-electron chi connectivity index (χ0n) is 16.9. The van der Waals surface area contributed by atoms with Gasteiger partial charge < -0.3 is 18.9 Å². The molecule has 0 spiro atoms. The molecular formula is C22H27ClNO4+. The van der Waals surface area contributed by atoms with E-state index >= 15 is 0 Å². The van der Waals surface area contributed by atoms with Gasteiger partial charge in [-0.2, -0.15) is 0 Å². The van der Waals surface area contributed by atoms with Gasteiger partial charge in [0.05, 0.1) is 27.9 Å². The first kappa shape index (κ1) is 20.3. The van der Waals surface area contributed by atoms with Crippen LogP contribution in [0.4, 0.5) is 0 Å². The van der Waals surface area contributed by atoms with E-state index in [1.807, 2.05) is 19.1 Å². The number of benzene rings is 2. The lowest BCUT2D eigenvalue weighted by atomic mass is 10.0. The summed E-state index contributed by atoms with van der Waals surface area (Å²) < 4.78 is 24.2. The van der Waals surface area contributed by atoms with Crippen molar-refractivity contribution in [3.8, 4) is 23.0 Å². The van der Waals surface area contributed by atoms with Crippen molar-refractivity contribution in [2.45, 2.75) is 19.8 Å². The van der Waals surface area contributed by atoms with Crippen molar-refractivity contribution >= 4 is 17.8 Å². The fourth-order valence-electron chi connectivity index (χ4n) is 3.44. The van der Waals surface area contributed by atoms with E-state index in [2.05, 4.69) is 22.9 Å². The van der Waals surface area contributed by atoms with E-state index < -0.39 is 0 Å². The number of ether oxygens (including phenoxy) is 4. The van der Waals surface area contributed by atoms with Gasteiger partial charge in [0.2, 0.25) is 0 Å². The summed E-state index contributed by atoms with van der Waals surface area (Å²) in [4.78, 5) is 0. The van der Waals surface area contributed by atoms with E-state index in [-0.39, 0.29) is 0 Å². The summed E-state index contributed by atoms with van der Waals surface area (Å²) in [6.45, 7) is 4.40. The summed E-state index contributed by atoms with van der Waals surface area (Å²) in [7, 11) is 4.92. The normalized spacial score (nSPS) is 12.8. The van der Waals surface area contributed by atoms with Crippen LogP contribution in [-0.2, 0) is 12.8 Å². The Morgan fingerprint density at radius 3 is 2.29 bits per heavy atom. The van der Waals surface area contributed by atoms with Crippen LogP contribution in [0.5, 0.6) is 23.0 Å². The second-order valence-corrected chi connectivity index (χ2v) is 7.01. The van der Waals surface area contributed by atoms with Gasteiger partial charge in [0.15, 0.2) is 29.2 Å². The van der Waals surface area contributed by atoms with Crippen LogP contribution in [-0.4, -0.2) is 51.8 Å². The number of hydrogen-bond donors (Lipinski definition) is 0. The number of rotatable bonds is 8. The first-order valence-electron chi connectivity index (χ1n) is 9.42. The minimum absolute atomic E-state index is 0.608. The van der Waals surface area contributed by atoms with Crippen LogP contribution >= 0.6 is 11.6 Å². The van der Waals surface area contributed by atoms with Gasteiger partial charge in [-0.15, -0.1) is 0 Å². The highest BCUT2D eigenvalue weighted by Crippen LogP contribution is 2.34. The maximum atomic E-state index is 6.43. The molecule has 0 saturated heterocycles. The Morgan fingerprint density at radius 2 is 1.61 bits per heavy atom. The fraction of sp³-hybridized carbons (Fsp3) is 0.409. The highest BCUT2D eigenvalue weighted by atomic mass is 35.5. The van der Waals surface area contributed by atoms with Crippen molar-refractivity contribution in [2.24, 2.45) is 0 Å². The van der Waals surface area contributed by atoms with E-state index in [0.29, 0.717) is 23.1 Å². The Morgan fingerprint density at radius 1 is 0.929 bits per heavy atom. The summed E-state index contributed by atoms with van der Waals surface area (Å²) in [6, 6.07) is 7.91. The summed E-state index contributed by atoms with van der Waals surface area (Å²) in [5, 5.41) is 0.693. The SMILES string of the molecule is CCOc1cc2c(cc1OC)CC[N+](CCc1cc(OC)c(OC)cc1Cl)=C2. The molecule has 1 aliphatic heterocycles. The Bertz CT molecular complexity index is 879. The molecule has 3 rings (SSSR count). The van der Waals surface area contributed by atoms with Crippen molar-refractivity contribution in [2.75, 3.05) is 41.0 Å². The van der Waals surface area contributed by atoms with Crippen LogP contribution in [0.1, 0.15) is 23.6 Å². The molecule has 0 bridgehead atoms. The van der Waals surface area contributed by atoms with Crippen molar-refractivity contribution < 1.29 is 23.5 Å². The molecule has 2 aromatic carbocycles. The number of hydrogen-bond acceptors (Lipinski definition) is 4. The van der Waals surface area contributed by atoms with E-state index in [0.717, 1.165) is 43.0 Å². The first-order chi connectivity index (χ1) is 13.6. The summed E-state index contributed by atoms with van der Waals surface area (Å²) in [5.41, 5.74) is 3.50. The standard InChI is InChI=1S/C22H27ClNO4/c1-5-28-22-12-17-14-24(8-6-15(17)10-20(22)26-3)9-7-16-11-19(25-2)21(27-4)13-18(16)23/h10-14H,5-9H2,1-4H3/q+1. The van der Waals surface area contributed by atoms with Crippen LogP contribution in [0.25, 0.3) is 0 Å². The van der Waals surface area contributed by atoms with Crippen molar-refractivity contribution in [1.82, 2.24) is 0 Å². The van der Waals surface area contributed by atoms with Gasteiger partial charge in [-0.05, 0) is 36.2 Å². The molecule has 2 aromatic rings. The third-order valence-electron chi connectivity index (χ3n) is 4.94. The summed E-state index contributed by atoms with van der Waals surface area (Å²) in [5.74, 6) is 2.92. The molecule has 0 fully saturated rings.